The molecule has 0 aliphatic carbocycles. The number of likely N-dealkylation sites (tertiary alicyclic amines) is 1. The lowest BCUT2D eigenvalue weighted by Crippen LogP contribution is -2.44. The van der Waals surface area contributed by atoms with E-state index < -0.39 is 0 Å². The Kier molecular flexibility index (Phi) is 3.76. The second kappa shape index (κ2) is 5.54. The minimum Gasteiger partial charge on any atom is -0.371 e. The molecule has 20 heavy (non-hydrogen) atoms. The zero-order valence-electron chi connectivity index (χ0n) is 12.2. The lowest BCUT2D eigenvalue weighted by atomic mass is 9.99. The molecule has 108 valence electrons. The molecule has 2 aliphatic rings. The van der Waals surface area contributed by atoms with Crippen LogP contribution >= 0.6 is 0 Å². The first-order valence-electron chi connectivity index (χ1n) is 7.26. The Hall–Kier alpha value is -1.39. The number of fused-ring (bicyclic) bond motifs is 2. The van der Waals surface area contributed by atoms with Crippen LogP contribution in [0.5, 0.6) is 0 Å². The van der Waals surface area contributed by atoms with Crippen LogP contribution in [-0.4, -0.2) is 55.1 Å². The molecule has 3 atom stereocenters. The Morgan fingerprint density at radius 3 is 2.75 bits per heavy atom. The van der Waals surface area contributed by atoms with E-state index in [0.29, 0.717) is 0 Å². The van der Waals surface area contributed by atoms with Crippen LogP contribution in [-0.2, 0) is 16.1 Å². The van der Waals surface area contributed by atoms with Crippen molar-refractivity contribution in [2.75, 3.05) is 27.2 Å². The minimum absolute atomic E-state index is 0.0378. The fraction of sp³-hybridized carbons (Fsp3) is 0.562. The van der Waals surface area contributed by atoms with Crippen molar-refractivity contribution in [3.05, 3.63) is 35.9 Å². The monoisotopic (exact) mass is 274 g/mol. The first-order valence-corrected chi connectivity index (χ1v) is 7.26. The average Bonchev–Trinajstić information content (AvgIpc) is 2.74. The molecule has 0 unspecified atom stereocenters. The van der Waals surface area contributed by atoms with E-state index in [2.05, 4.69) is 29.2 Å². The van der Waals surface area contributed by atoms with Gasteiger partial charge in [-0.3, -0.25) is 9.69 Å². The topological polar surface area (TPSA) is 32.8 Å². The summed E-state index contributed by atoms with van der Waals surface area (Å²) in [5.74, 6) is 0.245. The highest BCUT2D eigenvalue weighted by Gasteiger charge is 2.44. The third kappa shape index (κ3) is 2.72. The molecule has 4 nitrogen and oxygen atoms in total. The zero-order valence-corrected chi connectivity index (χ0v) is 12.2. The van der Waals surface area contributed by atoms with Crippen LogP contribution in [0.2, 0.25) is 0 Å². The Bertz CT molecular complexity index is 475. The maximum absolute atomic E-state index is 12.2. The Labute approximate surface area is 120 Å². The summed E-state index contributed by atoms with van der Waals surface area (Å²) >= 11 is 0. The number of benzene rings is 1. The Balaban J connectivity index is 1.65. The van der Waals surface area contributed by atoms with Crippen LogP contribution in [0.4, 0.5) is 0 Å². The summed E-state index contributed by atoms with van der Waals surface area (Å²) in [7, 11) is 3.65. The highest BCUT2D eigenvalue weighted by molar-refractivity contribution is 5.79. The van der Waals surface area contributed by atoms with E-state index in [1.54, 1.807) is 4.90 Å². The largest absolute Gasteiger partial charge is 0.371 e. The molecule has 0 radical (unpaired) electrons. The number of ether oxygens (including phenoxy) is 1. The van der Waals surface area contributed by atoms with Crippen LogP contribution < -0.4 is 0 Å². The van der Waals surface area contributed by atoms with E-state index in [1.165, 1.54) is 5.56 Å². The van der Waals surface area contributed by atoms with E-state index >= 15 is 0 Å². The van der Waals surface area contributed by atoms with E-state index in [4.69, 9.17) is 4.74 Å². The van der Waals surface area contributed by atoms with Gasteiger partial charge in [-0.05, 0) is 12.0 Å². The second-order valence-electron chi connectivity index (χ2n) is 6.05. The van der Waals surface area contributed by atoms with Crippen molar-refractivity contribution in [3.63, 3.8) is 0 Å². The number of morpholine rings is 1. The quantitative estimate of drug-likeness (QED) is 0.834. The molecular weight excluding hydrogens is 252 g/mol. The van der Waals surface area contributed by atoms with Gasteiger partial charge in [0.05, 0.1) is 18.1 Å². The van der Waals surface area contributed by atoms with Gasteiger partial charge in [-0.2, -0.15) is 0 Å². The van der Waals surface area contributed by atoms with Crippen LogP contribution in [0.15, 0.2) is 30.3 Å². The summed E-state index contributed by atoms with van der Waals surface area (Å²) in [5.41, 5.74) is 1.32. The summed E-state index contributed by atoms with van der Waals surface area (Å²) in [4.78, 5) is 16.3. The lowest BCUT2D eigenvalue weighted by Gasteiger charge is -2.33. The molecule has 0 aromatic heterocycles. The van der Waals surface area contributed by atoms with Crippen LogP contribution in [0.25, 0.3) is 0 Å². The average molecular weight is 274 g/mol. The van der Waals surface area contributed by atoms with Gasteiger partial charge in [0.15, 0.2) is 0 Å². The van der Waals surface area contributed by atoms with Gasteiger partial charge in [0.2, 0.25) is 5.91 Å². The van der Waals surface area contributed by atoms with Crippen LogP contribution in [0, 0.1) is 5.92 Å². The fourth-order valence-electron chi connectivity index (χ4n) is 3.30. The fourth-order valence-corrected chi connectivity index (χ4v) is 3.30. The molecule has 2 heterocycles. The molecule has 2 saturated heterocycles. The summed E-state index contributed by atoms with van der Waals surface area (Å²) in [5, 5.41) is 0. The maximum atomic E-state index is 12.2. The van der Waals surface area contributed by atoms with Crippen LogP contribution in [0.1, 0.15) is 12.0 Å². The maximum Gasteiger partial charge on any atom is 0.227 e. The van der Waals surface area contributed by atoms with Crippen molar-refractivity contribution in [2.24, 2.45) is 5.92 Å². The van der Waals surface area contributed by atoms with Gasteiger partial charge < -0.3 is 9.64 Å². The summed E-state index contributed by atoms with van der Waals surface area (Å²) < 4.78 is 5.96. The normalized spacial score (nSPS) is 29.4. The van der Waals surface area contributed by atoms with Crippen molar-refractivity contribution in [1.29, 1.82) is 0 Å². The molecule has 1 aromatic rings. The van der Waals surface area contributed by atoms with Crippen molar-refractivity contribution in [2.45, 2.75) is 25.2 Å². The van der Waals surface area contributed by atoms with Crippen molar-refractivity contribution >= 4 is 5.91 Å². The molecule has 2 aliphatic heterocycles. The summed E-state index contributed by atoms with van der Waals surface area (Å²) in [6.45, 7) is 2.73. The number of carbonyl (C=O) groups excluding carboxylic acids is 1. The summed E-state index contributed by atoms with van der Waals surface area (Å²) in [6.07, 6.45) is 1.14. The third-order valence-corrected chi connectivity index (χ3v) is 4.24. The number of hydrogen-bond donors (Lipinski definition) is 0. The number of rotatable bonds is 3. The molecule has 3 rings (SSSR count). The Morgan fingerprint density at radius 1 is 1.30 bits per heavy atom. The molecular formula is C16H22N2O2. The van der Waals surface area contributed by atoms with Gasteiger partial charge in [-0.1, -0.05) is 30.3 Å². The first-order chi connectivity index (χ1) is 9.63. The molecule has 0 N–H and O–H groups in total. The number of amides is 1. The molecule has 0 spiro atoms. The number of carbonyl (C=O) groups is 1. The predicted octanol–water partition coefficient (Wildman–Crippen LogP) is 1.36. The lowest BCUT2D eigenvalue weighted by molar-refractivity contribution is -0.136. The molecule has 0 saturated carbocycles. The zero-order chi connectivity index (χ0) is 14.1. The van der Waals surface area contributed by atoms with Gasteiger partial charge in [0.25, 0.3) is 0 Å². The van der Waals surface area contributed by atoms with Gasteiger partial charge in [0, 0.05) is 33.7 Å². The molecule has 1 amide bonds. The van der Waals surface area contributed by atoms with Gasteiger partial charge >= 0.3 is 0 Å². The number of hydrogen-bond acceptors (Lipinski definition) is 3. The van der Waals surface area contributed by atoms with Crippen molar-refractivity contribution < 1.29 is 9.53 Å². The van der Waals surface area contributed by atoms with Crippen molar-refractivity contribution in [3.8, 4) is 0 Å². The molecule has 2 bridgehead atoms. The SMILES string of the molecule is CN(C)C(=O)[C@@H]1C[C@H]2CN(Cc3ccccc3)C[C@H]1O2. The molecule has 1 aromatic carbocycles. The third-order valence-electron chi connectivity index (χ3n) is 4.24. The van der Waals surface area contributed by atoms with Gasteiger partial charge in [-0.15, -0.1) is 0 Å². The summed E-state index contributed by atoms with van der Waals surface area (Å²) in [6, 6.07) is 10.5. The molecule has 4 heteroatoms. The van der Waals surface area contributed by atoms with Gasteiger partial charge in [0.1, 0.15) is 0 Å². The van der Waals surface area contributed by atoms with E-state index in [0.717, 1.165) is 26.1 Å². The van der Waals surface area contributed by atoms with E-state index in [-0.39, 0.29) is 24.0 Å². The van der Waals surface area contributed by atoms with Crippen LogP contribution in [0.3, 0.4) is 0 Å². The van der Waals surface area contributed by atoms with E-state index in [9.17, 15) is 4.79 Å². The standard InChI is InChI=1S/C16H22N2O2/c1-17(2)16(19)14-8-13-10-18(11-15(14)20-13)9-12-6-4-3-5-7-12/h3-7,13-15H,8-11H2,1-2H3/t13-,14+,15+/m0/s1. The first kappa shape index (κ1) is 13.6. The smallest absolute Gasteiger partial charge is 0.227 e. The molecule has 2 fully saturated rings. The second-order valence-corrected chi connectivity index (χ2v) is 6.05. The minimum atomic E-state index is 0.0378. The van der Waals surface area contributed by atoms with Gasteiger partial charge in [-0.25, -0.2) is 0 Å². The Morgan fingerprint density at radius 2 is 2.05 bits per heavy atom. The highest BCUT2D eigenvalue weighted by Crippen LogP contribution is 2.33. The predicted molar refractivity (Wildman–Crippen MR) is 77.2 cm³/mol. The van der Waals surface area contributed by atoms with Crippen molar-refractivity contribution in [1.82, 2.24) is 9.80 Å². The number of nitrogens with zero attached hydrogens (tertiary/aromatic N) is 2. The highest BCUT2D eigenvalue weighted by atomic mass is 16.5. The van der Waals surface area contributed by atoms with E-state index in [1.807, 2.05) is 20.2 Å².